The Morgan fingerprint density at radius 1 is 1.08 bits per heavy atom. The summed E-state index contributed by atoms with van der Waals surface area (Å²) in [7, 11) is -4.30. The van der Waals surface area contributed by atoms with Crippen molar-refractivity contribution in [3.05, 3.63) is 12.2 Å². The van der Waals surface area contributed by atoms with Crippen molar-refractivity contribution in [1.82, 2.24) is 0 Å². The van der Waals surface area contributed by atoms with Crippen LogP contribution in [0.15, 0.2) is 12.2 Å². The average molecular weight is 392 g/mol. The van der Waals surface area contributed by atoms with Gasteiger partial charge in [0.1, 0.15) is 0 Å². The summed E-state index contributed by atoms with van der Waals surface area (Å²) in [6, 6.07) is 0. The van der Waals surface area contributed by atoms with Crippen molar-refractivity contribution in [2.75, 3.05) is 6.61 Å². The molecule has 0 aromatic heterocycles. The van der Waals surface area contributed by atoms with Crippen LogP contribution in [0.4, 0.5) is 0 Å². The predicted molar refractivity (Wildman–Crippen MR) is 104 cm³/mol. The summed E-state index contributed by atoms with van der Waals surface area (Å²) in [4.78, 5) is 28.7. The standard InChI is InChI=1S/C19H37O6P/c1-5-18(15-17(4)25-19(20)16(2)3)13-11-9-7-6-8-10-12-14-24-26(21,22)23/h17-18H,2,5-15H2,1,3-4H3,(H2,21,22,23). The first-order chi connectivity index (χ1) is 12.2. The number of phosphoric acid groups is 1. The number of phosphoric ester groups is 1. The van der Waals surface area contributed by atoms with Crippen LogP contribution in [0.3, 0.4) is 0 Å². The van der Waals surface area contributed by atoms with Gasteiger partial charge in [0.25, 0.3) is 0 Å². The number of unbranched alkanes of at least 4 members (excludes halogenated alkanes) is 6. The van der Waals surface area contributed by atoms with E-state index in [9.17, 15) is 9.36 Å². The van der Waals surface area contributed by atoms with Crippen molar-refractivity contribution in [3.8, 4) is 0 Å². The quantitative estimate of drug-likeness (QED) is 0.163. The molecule has 2 unspecified atom stereocenters. The summed E-state index contributed by atoms with van der Waals surface area (Å²) in [6.45, 7) is 9.51. The fourth-order valence-corrected chi connectivity index (χ4v) is 3.26. The van der Waals surface area contributed by atoms with E-state index in [-0.39, 0.29) is 18.7 Å². The molecule has 0 heterocycles. The number of hydrogen-bond acceptors (Lipinski definition) is 4. The molecule has 0 amide bonds. The molecular weight excluding hydrogens is 355 g/mol. The number of rotatable bonds is 16. The van der Waals surface area contributed by atoms with Crippen LogP contribution >= 0.6 is 7.82 Å². The number of esters is 1. The summed E-state index contributed by atoms with van der Waals surface area (Å²) >= 11 is 0. The third-order valence-corrected chi connectivity index (χ3v) is 4.93. The minimum Gasteiger partial charge on any atom is -0.459 e. The minimum atomic E-state index is -4.30. The predicted octanol–water partition coefficient (Wildman–Crippen LogP) is 5.14. The van der Waals surface area contributed by atoms with Crippen LogP contribution in [0.2, 0.25) is 0 Å². The maximum absolute atomic E-state index is 11.5. The van der Waals surface area contributed by atoms with Gasteiger partial charge >= 0.3 is 13.8 Å². The number of hydrogen-bond donors (Lipinski definition) is 2. The van der Waals surface area contributed by atoms with Gasteiger partial charge in [-0.15, -0.1) is 0 Å². The van der Waals surface area contributed by atoms with E-state index in [1.54, 1.807) is 6.92 Å². The molecule has 6 nitrogen and oxygen atoms in total. The van der Waals surface area contributed by atoms with E-state index in [4.69, 9.17) is 14.5 Å². The highest BCUT2D eigenvalue weighted by atomic mass is 31.2. The van der Waals surface area contributed by atoms with Crippen LogP contribution in [0.5, 0.6) is 0 Å². The summed E-state index contributed by atoms with van der Waals surface area (Å²) in [5, 5.41) is 0. The highest BCUT2D eigenvalue weighted by Crippen LogP contribution is 2.35. The molecule has 0 radical (unpaired) electrons. The Balaban J connectivity index is 3.64. The van der Waals surface area contributed by atoms with Gasteiger partial charge < -0.3 is 14.5 Å². The van der Waals surface area contributed by atoms with Gasteiger partial charge in [0, 0.05) is 5.57 Å². The first kappa shape index (κ1) is 25.3. The Kier molecular flexibility index (Phi) is 14.0. The molecule has 0 saturated carbocycles. The van der Waals surface area contributed by atoms with E-state index in [0.29, 0.717) is 17.9 Å². The first-order valence-corrected chi connectivity index (χ1v) is 11.2. The van der Waals surface area contributed by atoms with E-state index in [0.717, 1.165) is 38.5 Å². The lowest BCUT2D eigenvalue weighted by molar-refractivity contribution is -0.144. The molecule has 0 spiro atoms. The normalized spacial score (nSPS) is 14.0. The molecule has 0 aromatic rings. The van der Waals surface area contributed by atoms with Gasteiger partial charge in [-0.25, -0.2) is 9.36 Å². The highest BCUT2D eigenvalue weighted by molar-refractivity contribution is 7.46. The maximum Gasteiger partial charge on any atom is 0.469 e. The van der Waals surface area contributed by atoms with Gasteiger partial charge in [-0.2, -0.15) is 0 Å². The molecule has 0 bridgehead atoms. The third kappa shape index (κ3) is 15.6. The summed E-state index contributed by atoms with van der Waals surface area (Å²) < 4.78 is 20.3. The molecule has 0 aliphatic carbocycles. The summed E-state index contributed by atoms with van der Waals surface area (Å²) in [6.07, 6.45) is 10.4. The van der Waals surface area contributed by atoms with Crippen molar-refractivity contribution in [1.29, 1.82) is 0 Å². The van der Waals surface area contributed by atoms with E-state index in [2.05, 4.69) is 18.0 Å². The molecule has 0 saturated heterocycles. The van der Waals surface area contributed by atoms with Crippen LogP contribution < -0.4 is 0 Å². The van der Waals surface area contributed by atoms with Gasteiger partial charge in [0.2, 0.25) is 0 Å². The molecular formula is C19H37O6P. The zero-order valence-electron chi connectivity index (χ0n) is 16.6. The number of carbonyl (C=O) groups excluding carboxylic acids is 1. The average Bonchev–Trinajstić information content (AvgIpc) is 2.54. The maximum atomic E-state index is 11.5. The van der Waals surface area contributed by atoms with Gasteiger partial charge in [0.15, 0.2) is 0 Å². The number of ether oxygens (including phenoxy) is 1. The highest BCUT2D eigenvalue weighted by Gasteiger charge is 2.15. The number of carbonyl (C=O) groups is 1. The van der Waals surface area contributed by atoms with E-state index >= 15 is 0 Å². The van der Waals surface area contributed by atoms with Crippen LogP contribution in [0, 0.1) is 5.92 Å². The molecule has 0 aliphatic heterocycles. The summed E-state index contributed by atoms with van der Waals surface area (Å²) in [5.74, 6) is 0.270. The Bertz CT molecular complexity index is 445. The molecule has 154 valence electrons. The van der Waals surface area contributed by atoms with Gasteiger partial charge in [-0.1, -0.05) is 64.9 Å². The van der Waals surface area contributed by atoms with Gasteiger partial charge in [-0.3, -0.25) is 4.52 Å². The van der Waals surface area contributed by atoms with Crippen molar-refractivity contribution in [2.45, 2.75) is 91.1 Å². The smallest absolute Gasteiger partial charge is 0.459 e. The molecule has 0 aliphatic rings. The molecule has 26 heavy (non-hydrogen) atoms. The second-order valence-corrected chi connectivity index (χ2v) is 8.33. The van der Waals surface area contributed by atoms with Crippen molar-refractivity contribution in [3.63, 3.8) is 0 Å². The van der Waals surface area contributed by atoms with Crippen molar-refractivity contribution in [2.24, 2.45) is 5.92 Å². The van der Waals surface area contributed by atoms with Crippen LogP contribution in [-0.4, -0.2) is 28.5 Å². The van der Waals surface area contributed by atoms with Crippen molar-refractivity contribution < 1.29 is 28.4 Å². The Morgan fingerprint density at radius 2 is 1.62 bits per heavy atom. The van der Waals surface area contributed by atoms with E-state index in [1.165, 1.54) is 19.3 Å². The van der Waals surface area contributed by atoms with E-state index < -0.39 is 7.82 Å². The van der Waals surface area contributed by atoms with Crippen molar-refractivity contribution >= 4 is 13.8 Å². The Hall–Kier alpha value is -0.680. The fraction of sp³-hybridized carbons (Fsp3) is 0.842. The van der Waals surface area contributed by atoms with Gasteiger partial charge in [-0.05, 0) is 32.6 Å². The molecule has 2 atom stereocenters. The lowest BCUT2D eigenvalue weighted by Gasteiger charge is -2.20. The zero-order chi connectivity index (χ0) is 20.0. The fourth-order valence-electron chi connectivity index (χ4n) is 2.89. The second-order valence-electron chi connectivity index (χ2n) is 7.09. The topological polar surface area (TPSA) is 93.1 Å². The van der Waals surface area contributed by atoms with Crippen LogP contribution in [0.1, 0.15) is 85.0 Å². The largest absolute Gasteiger partial charge is 0.469 e. The third-order valence-electron chi connectivity index (χ3n) is 4.42. The Morgan fingerprint density at radius 3 is 2.12 bits per heavy atom. The first-order valence-electron chi connectivity index (χ1n) is 9.72. The monoisotopic (exact) mass is 392 g/mol. The second kappa shape index (κ2) is 14.4. The SMILES string of the molecule is C=C(C)C(=O)OC(C)CC(CC)CCCCCCCCCOP(=O)(O)O. The van der Waals surface area contributed by atoms with E-state index in [1.807, 2.05) is 6.92 Å². The van der Waals surface area contributed by atoms with Gasteiger partial charge in [0.05, 0.1) is 12.7 Å². The minimum absolute atomic E-state index is 0.0699. The zero-order valence-corrected chi connectivity index (χ0v) is 17.5. The molecule has 7 heteroatoms. The summed E-state index contributed by atoms with van der Waals surface area (Å²) in [5.41, 5.74) is 0.443. The molecule has 0 rings (SSSR count). The van der Waals surface area contributed by atoms with Crippen LogP contribution in [0.25, 0.3) is 0 Å². The van der Waals surface area contributed by atoms with Crippen LogP contribution in [-0.2, 0) is 18.6 Å². The molecule has 0 fully saturated rings. The molecule has 2 N–H and O–H groups in total. The lowest BCUT2D eigenvalue weighted by atomic mass is 9.92. The Labute approximate surface area is 158 Å². The molecule has 0 aromatic carbocycles. The lowest BCUT2D eigenvalue weighted by Crippen LogP contribution is -2.18.